The molecule has 4 aliphatic heterocycles. The molecule has 20 heteroatoms. The van der Waals surface area contributed by atoms with Crippen molar-refractivity contribution >= 4 is 74.0 Å². The zero-order chi connectivity index (χ0) is 44.6. The van der Waals surface area contributed by atoms with E-state index in [2.05, 4.69) is 40.9 Å². The first-order valence-electron chi connectivity index (χ1n) is 24.3. The van der Waals surface area contributed by atoms with Crippen molar-refractivity contribution in [1.82, 2.24) is 40.9 Å². The Morgan fingerprint density at radius 3 is 0.882 bits per heavy atom. The van der Waals surface area contributed by atoms with Crippen LogP contribution in [0.25, 0.3) is 0 Å². The van der Waals surface area contributed by atoms with Crippen molar-refractivity contribution in [2.75, 3.05) is 105 Å². The van der Waals surface area contributed by atoms with Gasteiger partial charge in [-0.15, -0.1) is 49.6 Å². The number of ether oxygens (including phenoxy) is 4. The van der Waals surface area contributed by atoms with E-state index in [1.54, 1.807) is 24.3 Å². The molecule has 6 rings (SSSR count). The maximum absolute atomic E-state index is 13.0. The summed E-state index contributed by atoms with van der Waals surface area (Å²) in [5, 5.41) is 11.4. The predicted octanol–water partition coefficient (Wildman–Crippen LogP) is 8.24. The largest absolute Gasteiger partial charge is 0.412 e. The van der Waals surface area contributed by atoms with E-state index < -0.39 is 24.4 Å². The van der Waals surface area contributed by atoms with Gasteiger partial charge in [-0.05, 0) is 165 Å². The molecule has 0 radical (unpaired) electrons. The molecule has 0 saturated carbocycles. The van der Waals surface area contributed by atoms with Gasteiger partial charge in [-0.1, -0.05) is 37.8 Å². The number of nitrogens with one attached hydrogen (secondary N) is 4. The van der Waals surface area contributed by atoms with E-state index in [-0.39, 0.29) is 72.6 Å². The van der Waals surface area contributed by atoms with Crippen molar-refractivity contribution in [2.45, 2.75) is 103 Å². The molecule has 0 unspecified atom stereocenters. The Balaban J connectivity index is 0.00000397. The van der Waals surface area contributed by atoms with Gasteiger partial charge in [0, 0.05) is 52.4 Å². The highest BCUT2D eigenvalue weighted by Crippen LogP contribution is 2.31. The van der Waals surface area contributed by atoms with Gasteiger partial charge in [-0.2, -0.15) is 0 Å². The topological polar surface area (TPSA) is 166 Å². The number of rotatable bonds is 21. The van der Waals surface area contributed by atoms with Gasteiger partial charge in [0.25, 0.3) is 0 Å². The van der Waals surface area contributed by atoms with Crippen LogP contribution >= 0.6 is 49.6 Å². The second kappa shape index (κ2) is 34.8. The van der Waals surface area contributed by atoms with Gasteiger partial charge in [0.05, 0.1) is 0 Å². The normalized spacial score (nSPS) is 16.8. The molecule has 0 atom stereocenters. The number of nitrogens with zero attached hydrogens (tertiary/aromatic N) is 4. The maximum Gasteiger partial charge on any atom is 0.412 e. The number of unbranched alkanes of at least 4 members (excludes halogenated alkanes) is 1. The van der Waals surface area contributed by atoms with Gasteiger partial charge in [0.2, 0.25) is 0 Å². The molecule has 4 aliphatic rings. The number of hydrogen-bond donors (Lipinski definition) is 4. The smallest absolute Gasteiger partial charge is 0.406 e. The molecule has 4 N–H and O–H groups in total. The fourth-order valence-corrected chi connectivity index (χ4v) is 8.94. The fourth-order valence-electron chi connectivity index (χ4n) is 8.94. The number of aryl methyl sites for hydroxylation is 2. The van der Waals surface area contributed by atoms with Gasteiger partial charge in [-0.25, -0.2) is 19.2 Å². The van der Waals surface area contributed by atoms with Crippen LogP contribution in [0.2, 0.25) is 0 Å². The number of hydrogen-bond acceptors (Lipinski definition) is 12. The molecule has 0 aromatic heterocycles. The lowest BCUT2D eigenvalue weighted by Gasteiger charge is -2.26. The van der Waals surface area contributed by atoms with Gasteiger partial charge >= 0.3 is 24.4 Å². The third-order valence-electron chi connectivity index (χ3n) is 12.6. The highest BCUT2D eigenvalue weighted by molar-refractivity contribution is 5.86. The fraction of sp³-hybridized carbons (Fsp3) is 0.667. The molecule has 0 spiro atoms. The zero-order valence-electron chi connectivity index (χ0n) is 39.8. The minimum atomic E-state index is -0.597. The summed E-state index contributed by atoms with van der Waals surface area (Å²) in [5.41, 5.74) is 1.85. The summed E-state index contributed by atoms with van der Waals surface area (Å²) in [5.74, 6) is 0.709. The molecule has 2 aromatic rings. The second-order valence-electron chi connectivity index (χ2n) is 17.6. The van der Waals surface area contributed by atoms with Crippen molar-refractivity contribution in [1.29, 1.82) is 0 Å². The number of piperidine rings is 4. The van der Waals surface area contributed by atoms with Crippen LogP contribution in [0.15, 0.2) is 36.4 Å². The standard InChI is InChI=1S/C48H74N8O8.4ClH/c57-45(49-21-33-53-25-7-1-8-26-53)61-41-19-17-39(37-43(41)63-47(59)51-23-35-55-29-11-3-12-30-55)15-5-6-16-40-18-20-42(62-46(58)50-22-34-54-27-9-2-10-28-54)44(38-40)64-48(60)52-24-36-56-31-13-4-14-32-56;;;;/h17-20,37-38H,1-16,21-36H2,(H,49,57)(H,50,58)(H,51,59)(H,52,60);4*1H. The first-order chi connectivity index (χ1) is 31.4. The number of amides is 4. The van der Waals surface area contributed by atoms with Crippen molar-refractivity contribution in [3.05, 3.63) is 47.5 Å². The average Bonchev–Trinajstić information content (AvgIpc) is 3.31. The van der Waals surface area contributed by atoms with Gasteiger partial charge in [0.1, 0.15) is 0 Å². The van der Waals surface area contributed by atoms with E-state index >= 15 is 0 Å². The quantitative estimate of drug-likeness (QED) is 0.0887. The van der Waals surface area contributed by atoms with Crippen molar-refractivity contribution in [3.8, 4) is 23.0 Å². The maximum atomic E-state index is 13.0. The van der Waals surface area contributed by atoms with Crippen LogP contribution in [0.4, 0.5) is 19.2 Å². The number of likely N-dealkylation sites (tertiary alicyclic amines) is 4. The molecule has 4 fully saturated rings. The summed E-state index contributed by atoms with van der Waals surface area (Å²) in [4.78, 5) is 61.0. The molecule has 16 nitrogen and oxygen atoms in total. The molecular formula is C48H78Cl4N8O8. The first kappa shape index (κ1) is 60.6. The molecule has 2 aromatic carbocycles. The van der Waals surface area contributed by atoms with Crippen LogP contribution in [0.5, 0.6) is 23.0 Å². The summed E-state index contributed by atoms with van der Waals surface area (Å²) < 4.78 is 22.9. The number of benzene rings is 2. The Bertz CT molecular complexity index is 1640. The van der Waals surface area contributed by atoms with Crippen molar-refractivity contribution in [2.24, 2.45) is 0 Å². The van der Waals surface area contributed by atoms with Gasteiger partial charge < -0.3 is 59.8 Å². The monoisotopic (exact) mass is 1030 g/mol. The Hall–Kier alpha value is -3.48. The van der Waals surface area contributed by atoms with Crippen LogP contribution < -0.4 is 40.2 Å². The van der Waals surface area contributed by atoms with E-state index in [1.807, 2.05) is 12.1 Å². The minimum absolute atomic E-state index is 0. The second-order valence-corrected chi connectivity index (χ2v) is 17.6. The lowest BCUT2D eigenvalue weighted by atomic mass is 10.0. The summed E-state index contributed by atoms with van der Waals surface area (Å²) in [7, 11) is 0. The van der Waals surface area contributed by atoms with Crippen LogP contribution in [0, 0.1) is 0 Å². The molecule has 0 aliphatic carbocycles. The number of halogens is 4. The van der Waals surface area contributed by atoms with Gasteiger partial charge in [-0.3, -0.25) is 0 Å². The first-order valence-corrected chi connectivity index (χ1v) is 24.3. The Morgan fingerprint density at radius 1 is 0.368 bits per heavy atom. The molecule has 68 heavy (non-hydrogen) atoms. The molecule has 386 valence electrons. The average molecular weight is 1040 g/mol. The predicted molar refractivity (Wildman–Crippen MR) is 276 cm³/mol. The van der Waals surface area contributed by atoms with Crippen LogP contribution in [-0.2, 0) is 12.8 Å². The lowest BCUT2D eigenvalue weighted by molar-refractivity contribution is 0.183. The van der Waals surface area contributed by atoms with E-state index in [0.29, 0.717) is 39.0 Å². The van der Waals surface area contributed by atoms with E-state index in [9.17, 15) is 19.2 Å². The molecule has 4 heterocycles. The third kappa shape index (κ3) is 23.0. The highest BCUT2D eigenvalue weighted by Gasteiger charge is 2.19. The van der Waals surface area contributed by atoms with Gasteiger partial charge in [0.15, 0.2) is 23.0 Å². The summed E-state index contributed by atoms with van der Waals surface area (Å²) >= 11 is 0. The van der Waals surface area contributed by atoms with E-state index in [4.69, 9.17) is 18.9 Å². The number of carbonyl (C=O) groups excluding carboxylic acids is 4. The Labute approximate surface area is 429 Å². The molecule has 4 amide bonds. The molecule has 0 bridgehead atoms. The van der Waals surface area contributed by atoms with Crippen LogP contribution in [0.1, 0.15) is 101 Å². The summed E-state index contributed by atoms with van der Waals surface area (Å²) in [6.07, 6.45) is 14.9. The minimum Gasteiger partial charge on any atom is -0.406 e. The molecular weight excluding hydrogens is 958 g/mol. The SMILES string of the molecule is Cl.Cl.Cl.Cl.O=C(NCCN1CCCCC1)Oc1ccc(CCCCc2ccc(OC(=O)NCCN3CCCCC3)c(OC(=O)NCCN3CCCCC3)c2)cc1OC(=O)NCCN1CCCCC1. The van der Waals surface area contributed by atoms with E-state index in [0.717, 1.165) is 103 Å². The Kier molecular flexibility index (Phi) is 31.0. The number of carbonyl (C=O) groups is 4. The Morgan fingerprint density at radius 2 is 0.618 bits per heavy atom. The van der Waals surface area contributed by atoms with E-state index in [1.165, 1.54) is 77.0 Å². The van der Waals surface area contributed by atoms with Crippen LogP contribution in [-0.4, -0.2) is 149 Å². The van der Waals surface area contributed by atoms with Crippen molar-refractivity contribution in [3.63, 3.8) is 0 Å². The molecule has 4 saturated heterocycles. The van der Waals surface area contributed by atoms with Crippen molar-refractivity contribution < 1.29 is 38.1 Å². The third-order valence-corrected chi connectivity index (χ3v) is 12.6. The lowest BCUT2D eigenvalue weighted by Crippen LogP contribution is -2.39. The summed E-state index contributed by atoms with van der Waals surface area (Å²) in [6.45, 7) is 13.2. The zero-order valence-corrected chi connectivity index (χ0v) is 43.0. The summed E-state index contributed by atoms with van der Waals surface area (Å²) in [6, 6.07) is 10.7. The van der Waals surface area contributed by atoms with Crippen LogP contribution in [0.3, 0.4) is 0 Å². The highest BCUT2D eigenvalue weighted by atomic mass is 35.5.